The maximum Gasteiger partial charge on any atom is 0.326 e. The largest absolute Gasteiger partial charge is 0.480 e. The van der Waals surface area contributed by atoms with Crippen LogP contribution in [0.2, 0.25) is 10.0 Å². The van der Waals surface area contributed by atoms with Crippen molar-refractivity contribution in [1.29, 1.82) is 0 Å². The fraction of sp³-hybridized carbons (Fsp3) is 0.391. The minimum Gasteiger partial charge on any atom is -0.480 e. The molecule has 0 saturated carbocycles. The predicted molar refractivity (Wildman–Crippen MR) is 128 cm³/mol. The maximum atomic E-state index is 12.7. The van der Waals surface area contributed by atoms with Gasteiger partial charge < -0.3 is 19.9 Å². The summed E-state index contributed by atoms with van der Waals surface area (Å²) in [5.74, 6) is -0.846. The van der Waals surface area contributed by atoms with E-state index in [1.165, 1.54) is 0 Å². The molecule has 1 aliphatic rings. The van der Waals surface area contributed by atoms with Crippen molar-refractivity contribution < 1.29 is 14.7 Å². The van der Waals surface area contributed by atoms with Gasteiger partial charge in [-0.15, -0.1) is 0 Å². The van der Waals surface area contributed by atoms with Crippen LogP contribution in [0.5, 0.6) is 0 Å². The third-order valence-electron chi connectivity index (χ3n) is 5.96. The van der Waals surface area contributed by atoms with Gasteiger partial charge in [0, 0.05) is 42.9 Å². The zero-order valence-electron chi connectivity index (χ0n) is 18.3. The van der Waals surface area contributed by atoms with Crippen LogP contribution in [0.3, 0.4) is 0 Å². The van der Waals surface area contributed by atoms with Crippen LogP contribution in [-0.2, 0) is 9.59 Å². The molecule has 0 aliphatic carbocycles. The fourth-order valence-electron chi connectivity index (χ4n) is 4.27. The monoisotopic (exact) mass is 489 g/mol. The first kappa shape index (κ1) is 23.3. The molecule has 0 unspecified atom stereocenters. The number of rotatable bonds is 7. The normalized spacial score (nSPS) is 17.0. The highest BCUT2D eigenvalue weighted by molar-refractivity contribution is 6.45. The number of nitrogens with zero attached hydrogens (tertiary/aromatic N) is 4. The van der Waals surface area contributed by atoms with Crippen LogP contribution >= 0.6 is 23.2 Å². The van der Waals surface area contributed by atoms with Crippen LogP contribution in [0.25, 0.3) is 16.6 Å². The molecule has 1 fully saturated rings. The van der Waals surface area contributed by atoms with E-state index in [0.717, 1.165) is 30.5 Å². The van der Waals surface area contributed by atoms with E-state index in [2.05, 4.69) is 15.2 Å². The first-order valence-electron chi connectivity index (χ1n) is 10.8. The molecule has 1 amide bonds. The number of hydrogen-bond donors (Lipinski definition) is 2. The van der Waals surface area contributed by atoms with Crippen molar-refractivity contribution in [1.82, 2.24) is 19.9 Å². The summed E-state index contributed by atoms with van der Waals surface area (Å²) in [5, 5.41) is 13.7. The SMILES string of the molecule is CC(C)[C@H](NC(=O)C[C@@H]1CCCN1c1cc(-n2ccnc2)c2ccc(Cl)c(Cl)c2n1)C(=O)O. The average molecular weight is 490 g/mol. The molecule has 0 radical (unpaired) electrons. The Morgan fingerprint density at radius 1 is 1.30 bits per heavy atom. The molecule has 3 heterocycles. The van der Waals surface area contributed by atoms with Crippen molar-refractivity contribution >= 4 is 51.8 Å². The lowest BCUT2D eigenvalue weighted by Crippen LogP contribution is -2.46. The molecule has 3 aromatic rings. The van der Waals surface area contributed by atoms with Gasteiger partial charge in [-0.1, -0.05) is 37.0 Å². The van der Waals surface area contributed by atoms with Crippen molar-refractivity contribution in [3.8, 4) is 5.69 Å². The van der Waals surface area contributed by atoms with Gasteiger partial charge in [-0.25, -0.2) is 14.8 Å². The van der Waals surface area contributed by atoms with Gasteiger partial charge >= 0.3 is 5.97 Å². The summed E-state index contributed by atoms with van der Waals surface area (Å²) in [5.41, 5.74) is 1.43. The molecule has 10 heteroatoms. The van der Waals surface area contributed by atoms with Gasteiger partial charge in [-0.05, 0) is 30.9 Å². The molecular weight excluding hydrogens is 465 g/mol. The van der Waals surface area contributed by atoms with E-state index >= 15 is 0 Å². The molecule has 1 saturated heterocycles. The second kappa shape index (κ2) is 9.57. The molecule has 4 rings (SSSR count). The van der Waals surface area contributed by atoms with E-state index in [0.29, 0.717) is 21.4 Å². The minimum atomic E-state index is -1.03. The first-order chi connectivity index (χ1) is 15.8. The van der Waals surface area contributed by atoms with Crippen LogP contribution in [0.15, 0.2) is 36.9 Å². The summed E-state index contributed by atoms with van der Waals surface area (Å²) in [4.78, 5) is 35.2. The lowest BCUT2D eigenvalue weighted by atomic mass is 10.0. The van der Waals surface area contributed by atoms with Crippen LogP contribution < -0.4 is 10.2 Å². The van der Waals surface area contributed by atoms with E-state index in [9.17, 15) is 14.7 Å². The number of aliphatic carboxylic acids is 1. The molecule has 1 aromatic carbocycles. The third kappa shape index (κ3) is 4.77. The predicted octanol–water partition coefficient (Wildman–Crippen LogP) is 4.31. The number of pyridine rings is 1. The smallest absolute Gasteiger partial charge is 0.326 e. The van der Waals surface area contributed by atoms with Gasteiger partial charge in [0.05, 0.1) is 27.6 Å². The Kier molecular flexibility index (Phi) is 6.76. The number of imidazole rings is 1. The minimum absolute atomic E-state index is 0.106. The second-order valence-corrected chi connectivity index (χ2v) is 9.33. The van der Waals surface area contributed by atoms with Gasteiger partial charge in [0.15, 0.2) is 0 Å². The summed E-state index contributed by atoms with van der Waals surface area (Å²) in [7, 11) is 0. The molecular formula is C23H25Cl2N5O3. The van der Waals surface area contributed by atoms with Crippen molar-refractivity contribution in [2.45, 2.75) is 45.2 Å². The summed E-state index contributed by atoms with van der Waals surface area (Å²) >= 11 is 12.8. The van der Waals surface area contributed by atoms with E-state index in [4.69, 9.17) is 28.2 Å². The quantitative estimate of drug-likeness (QED) is 0.512. The first-order valence-corrected chi connectivity index (χ1v) is 11.6. The van der Waals surface area contributed by atoms with Crippen molar-refractivity contribution in [3.05, 3.63) is 47.0 Å². The van der Waals surface area contributed by atoms with Gasteiger partial charge in [-0.3, -0.25) is 4.79 Å². The summed E-state index contributed by atoms with van der Waals surface area (Å²) in [6, 6.07) is 4.55. The third-order valence-corrected chi connectivity index (χ3v) is 6.76. The molecule has 33 heavy (non-hydrogen) atoms. The Labute approximate surface area is 201 Å². The van der Waals surface area contributed by atoms with E-state index in [-0.39, 0.29) is 24.3 Å². The number of anilines is 1. The fourth-order valence-corrected chi connectivity index (χ4v) is 4.63. The Bertz CT molecular complexity index is 1180. The Balaban J connectivity index is 1.67. The van der Waals surface area contributed by atoms with E-state index < -0.39 is 12.0 Å². The molecule has 2 N–H and O–H groups in total. The van der Waals surface area contributed by atoms with Crippen LogP contribution in [0, 0.1) is 5.92 Å². The number of benzene rings is 1. The molecule has 0 bridgehead atoms. The molecule has 1 aliphatic heterocycles. The summed E-state index contributed by atoms with van der Waals surface area (Å²) < 4.78 is 1.88. The lowest BCUT2D eigenvalue weighted by molar-refractivity contribution is -0.143. The highest BCUT2D eigenvalue weighted by Gasteiger charge is 2.31. The standard InChI is InChI=1S/C23H25Cl2N5O3/c1-13(2)21(23(32)33)28-19(31)10-14-4-3-8-30(14)18-11-17(29-9-7-26-12-29)15-5-6-16(24)20(25)22(15)27-18/h5-7,9,11-14,21H,3-4,8,10H2,1-2H3,(H,28,31)(H,32,33)/t14-,21-/m0/s1. The second-order valence-electron chi connectivity index (χ2n) is 8.55. The number of carbonyl (C=O) groups excluding carboxylic acids is 1. The number of nitrogens with one attached hydrogen (secondary N) is 1. The number of carbonyl (C=O) groups is 2. The number of amides is 1. The Hall–Kier alpha value is -2.84. The van der Waals surface area contributed by atoms with Crippen molar-refractivity contribution in [3.63, 3.8) is 0 Å². The molecule has 0 spiro atoms. The zero-order chi connectivity index (χ0) is 23.7. The number of aromatic nitrogens is 3. The van der Waals surface area contributed by atoms with Crippen molar-refractivity contribution in [2.75, 3.05) is 11.4 Å². The van der Waals surface area contributed by atoms with Crippen LogP contribution in [0.4, 0.5) is 5.82 Å². The average Bonchev–Trinajstić information content (AvgIpc) is 3.46. The van der Waals surface area contributed by atoms with Gasteiger partial charge in [0.1, 0.15) is 11.9 Å². The molecule has 2 aromatic heterocycles. The Morgan fingerprint density at radius 3 is 2.76 bits per heavy atom. The van der Waals surface area contributed by atoms with E-state index in [1.54, 1.807) is 32.4 Å². The van der Waals surface area contributed by atoms with Gasteiger partial charge in [-0.2, -0.15) is 0 Å². The van der Waals surface area contributed by atoms with E-state index in [1.807, 2.05) is 22.9 Å². The molecule has 2 atom stereocenters. The summed E-state index contributed by atoms with van der Waals surface area (Å²) in [6.07, 6.45) is 7.12. The summed E-state index contributed by atoms with van der Waals surface area (Å²) in [6.45, 7) is 4.27. The van der Waals surface area contributed by atoms with Gasteiger partial charge in [0.2, 0.25) is 5.91 Å². The number of halogens is 2. The van der Waals surface area contributed by atoms with Crippen LogP contribution in [0.1, 0.15) is 33.1 Å². The highest BCUT2D eigenvalue weighted by Crippen LogP contribution is 2.36. The highest BCUT2D eigenvalue weighted by atomic mass is 35.5. The van der Waals surface area contributed by atoms with Gasteiger partial charge in [0.25, 0.3) is 0 Å². The number of carboxylic acids is 1. The lowest BCUT2D eigenvalue weighted by Gasteiger charge is -2.27. The number of carboxylic acid groups (broad SMARTS) is 1. The molecule has 174 valence electrons. The number of fused-ring (bicyclic) bond motifs is 1. The number of hydrogen-bond acceptors (Lipinski definition) is 5. The molecule has 8 nitrogen and oxygen atoms in total. The van der Waals surface area contributed by atoms with Crippen molar-refractivity contribution in [2.24, 2.45) is 5.92 Å². The maximum absolute atomic E-state index is 12.7. The Morgan fingerprint density at radius 2 is 2.09 bits per heavy atom. The topological polar surface area (TPSA) is 100 Å². The zero-order valence-corrected chi connectivity index (χ0v) is 19.8. The van der Waals surface area contributed by atoms with Crippen LogP contribution in [-0.4, -0.2) is 50.1 Å².